The number of piperidine rings is 1. The molecule has 168 valence electrons. The fourth-order valence-corrected chi connectivity index (χ4v) is 4.49. The zero-order valence-corrected chi connectivity index (χ0v) is 17.3. The fourth-order valence-electron chi connectivity index (χ4n) is 4.49. The van der Waals surface area contributed by atoms with E-state index in [1.54, 1.807) is 19.1 Å². The number of aliphatic hydroxyl groups excluding tert-OH is 1. The van der Waals surface area contributed by atoms with Crippen molar-refractivity contribution in [2.45, 2.75) is 50.5 Å². The number of nitrogens with zero attached hydrogens (tertiary/aromatic N) is 3. The predicted octanol–water partition coefficient (Wildman–Crippen LogP) is 2.54. The average Bonchev–Trinajstić information content (AvgIpc) is 2.94. The van der Waals surface area contributed by atoms with E-state index < -0.39 is 30.0 Å². The lowest BCUT2D eigenvalue weighted by Crippen LogP contribution is -2.46. The first-order chi connectivity index (χ1) is 14.7. The number of hydrogen-bond donors (Lipinski definition) is 1. The second-order valence-electron chi connectivity index (χ2n) is 8.50. The largest absolute Gasteiger partial charge is 0.384 e. The molecule has 4 rings (SSSR count). The summed E-state index contributed by atoms with van der Waals surface area (Å²) in [6.07, 6.45) is -1.17. The summed E-state index contributed by atoms with van der Waals surface area (Å²) in [7, 11) is 0. The van der Waals surface area contributed by atoms with Crippen LogP contribution in [-0.2, 0) is 11.2 Å². The summed E-state index contributed by atoms with van der Waals surface area (Å²) >= 11 is 0. The van der Waals surface area contributed by atoms with Crippen LogP contribution in [-0.4, -0.2) is 57.3 Å². The minimum Gasteiger partial charge on any atom is -0.384 e. The Morgan fingerprint density at radius 1 is 1.26 bits per heavy atom. The number of aryl methyl sites for hydroxylation is 1. The third-order valence-corrected chi connectivity index (χ3v) is 6.08. The molecule has 2 saturated heterocycles. The van der Waals surface area contributed by atoms with E-state index >= 15 is 0 Å². The Hall–Kier alpha value is -2.23. The van der Waals surface area contributed by atoms with Crippen LogP contribution in [0.2, 0.25) is 0 Å². The van der Waals surface area contributed by atoms with E-state index in [1.165, 1.54) is 24.4 Å². The standard InChI is InChI=1S/C22H26F3N3O3/c1-14-8-10-28(21(30)26-14)20-22(24,25)19(29)18(31-20)13-27-9-2-3-16(12-27)11-15-4-6-17(23)7-5-15/h4-8,10,16,18-20,29H,2-3,9,11-13H2,1H3/t16?,18-,19-,20-/m1/s1. The maximum absolute atomic E-state index is 14.8. The normalized spacial score (nSPS) is 28.7. The summed E-state index contributed by atoms with van der Waals surface area (Å²) in [6.45, 7) is 3.12. The number of halogens is 3. The Morgan fingerprint density at radius 2 is 2.00 bits per heavy atom. The molecule has 1 N–H and O–H groups in total. The molecule has 1 aromatic heterocycles. The summed E-state index contributed by atoms with van der Waals surface area (Å²) in [5.41, 5.74) is 0.610. The van der Waals surface area contributed by atoms with Gasteiger partial charge in [0.25, 0.3) is 0 Å². The molecule has 9 heteroatoms. The maximum Gasteiger partial charge on any atom is 0.350 e. The number of likely N-dealkylation sites (tertiary alicyclic amines) is 1. The number of alkyl halides is 2. The molecule has 3 heterocycles. The van der Waals surface area contributed by atoms with E-state index in [2.05, 4.69) is 4.98 Å². The van der Waals surface area contributed by atoms with E-state index in [4.69, 9.17) is 4.74 Å². The Morgan fingerprint density at radius 3 is 2.71 bits per heavy atom. The van der Waals surface area contributed by atoms with Crippen molar-refractivity contribution in [1.29, 1.82) is 0 Å². The average molecular weight is 437 g/mol. The zero-order valence-electron chi connectivity index (χ0n) is 17.3. The Balaban J connectivity index is 1.42. The molecule has 0 saturated carbocycles. The smallest absolute Gasteiger partial charge is 0.350 e. The minimum absolute atomic E-state index is 0.140. The SMILES string of the molecule is Cc1ccn([C@@H]2O[C@H](CN3CCCC(Cc4ccc(F)cc4)C3)[C@@H](O)C2(F)F)c(=O)n1. The number of aliphatic hydroxyl groups is 1. The topological polar surface area (TPSA) is 67.6 Å². The van der Waals surface area contributed by atoms with Crippen molar-refractivity contribution in [3.05, 3.63) is 64.1 Å². The van der Waals surface area contributed by atoms with Gasteiger partial charge >= 0.3 is 11.6 Å². The van der Waals surface area contributed by atoms with Crippen molar-refractivity contribution >= 4 is 0 Å². The van der Waals surface area contributed by atoms with Crippen LogP contribution in [0.1, 0.15) is 30.3 Å². The highest BCUT2D eigenvalue weighted by Gasteiger charge is 2.59. The van der Waals surface area contributed by atoms with Crippen LogP contribution >= 0.6 is 0 Å². The molecule has 0 bridgehead atoms. The molecule has 0 spiro atoms. The van der Waals surface area contributed by atoms with Crippen molar-refractivity contribution < 1.29 is 23.0 Å². The third-order valence-electron chi connectivity index (χ3n) is 6.08. The fraction of sp³-hybridized carbons (Fsp3) is 0.545. The van der Waals surface area contributed by atoms with Gasteiger partial charge in [0.2, 0.25) is 6.23 Å². The van der Waals surface area contributed by atoms with Crippen LogP contribution < -0.4 is 5.69 Å². The van der Waals surface area contributed by atoms with Crippen LogP contribution in [0.25, 0.3) is 0 Å². The van der Waals surface area contributed by atoms with Gasteiger partial charge in [-0.3, -0.25) is 4.57 Å². The summed E-state index contributed by atoms with van der Waals surface area (Å²) in [4.78, 5) is 17.8. The summed E-state index contributed by atoms with van der Waals surface area (Å²) in [5, 5.41) is 10.3. The molecule has 1 unspecified atom stereocenters. The maximum atomic E-state index is 14.8. The molecule has 0 radical (unpaired) electrons. The van der Waals surface area contributed by atoms with Gasteiger partial charge in [0.15, 0.2) is 0 Å². The van der Waals surface area contributed by atoms with E-state index in [0.29, 0.717) is 18.2 Å². The molecule has 1 aromatic carbocycles. The number of hydrogen-bond acceptors (Lipinski definition) is 5. The number of rotatable bonds is 5. The van der Waals surface area contributed by atoms with Crippen molar-refractivity contribution in [1.82, 2.24) is 14.5 Å². The molecule has 2 fully saturated rings. The monoisotopic (exact) mass is 437 g/mol. The Bertz CT molecular complexity index is 966. The Labute approximate surface area is 178 Å². The van der Waals surface area contributed by atoms with Gasteiger partial charge in [-0.25, -0.2) is 9.18 Å². The van der Waals surface area contributed by atoms with Gasteiger partial charge in [-0.2, -0.15) is 13.8 Å². The van der Waals surface area contributed by atoms with Crippen molar-refractivity contribution in [2.75, 3.05) is 19.6 Å². The highest BCUT2D eigenvalue weighted by Crippen LogP contribution is 2.42. The first-order valence-electron chi connectivity index (χ1n) is 10.5. The molecule has 0 amide bonds. The predicted molar refractivity (Wildman–Crippen MR) is 107 cm³/mol. The van der Waals surface area contributed by atoms with Gasteiger partial charge in [0.05, 0.1) is 0 Å². The first kappa shape index (κ1) is 22.0. The summed E-state index contributed by atoms with van der Waals surface area (Å²) in [5.74, 6) is -3.59. The van der Waals surface area contributed by atoms with Gasteiger partial charge < -0.3 is 14.7 Å². The number of benzene rings is 1. The van der Waals surface area contributed by atoms with Crippen molar-refractivity contribution in [2.24, 2.45) is 5.92 Å². The van der Waals surface area contributed by atoms with Gasteiger partial charge in [0, 0.05) is 25.0 Å². The van der Waals surface area contributed by atoms with Crippen LogP contribution in [0.5, 0.6) is 0 Å². The van der Waals surface area contributed by atoms with Gasteiger partial charge in [-0.1, -0.05) is 12.1 Å². The lowest BCUT2D eigenvalue weighted by atomic mass is 9.91. The second kappa shape index (κ2) is 8.72. The number of ether oxygens (including phenoxy) is 1. The van der Waals surface area contributed by atoms with E-state index in [-0.39, 0.29) is 12.4 Å². The quantitative estimate of drug-likeness (QED) is 0.779. The molecule has 0 aliphatic carbocycles. The molecule has 2 aromatic rings. The molecular weight excluding hydrogens is 411 g/mol. The third kappa shape index (κ3) is 4.68. The molecular formula is C22H26F3N3O3. The van der Waals surface area contributed by atoms with E-state index in [0.717, 1.165) is 35.9 Å². The minimum atomic E-state index is -3.62. The molecule has 31 heavy (non-hydrogen) atoms. The molecule has 6 nitrogen and oxygen atoms in total. The van der Waals surface area contributed by atoms with Gasteiger partial charge in [-0.05, 0) is 62.4 Å². The summed E-state index contributed by atoms with van der Waals surface area (Å²) < 4.78 is 48.9. The lowest BCUT2D eigenvalue weighted by molar-refractivity contribution is -0.140. The summed E-state index contributed by atoms with van der Waals surface area (Å²) in [6, 6.07) is 7.84. The van der Waals surface area contributed by atoms with Crippen LogP contribution in [0, 0.1) is 18.7 Å². The van der Waals surface area contributed by atoms with Crippen LogP contribution in [0.4, 0.5) is 13.2 Å². The van der Waals surface area contributed by atoms with Gasteiger partial charge in [0.1, 0.15) is 18.0 Å². The van der Waals surface area contributed by atoms with Gasteiger partial charge in [-0.15, -0.1) is 0 Å². The number of aromatic nitrogens is 2. The molecule has 2 aliphatic heterocycles. The first-order valence-corrected chi connectivity index (χ1v) is 10.5. The highest BCUT2D eigenvalue weighted by molar-refractivity contribution is 5.16. The van der Waals surface area contributed by atoms with Crippen molar-refractivity contribution in [3.63, 3.8) is 0 Å². The zero-order chi connectivity index (χ0) is 22.2. The van der Waals surface area contributed by atoms with Crippen LogP contribution in [0.15, 0.2) is 41.3 Å². The highest BCUT2D eigenvalue weighted by atomic mass is 19.3. The molecule has 2 aliphatic rings. The van der Waals surface area contributed by atoms with Crippen LogP contribution in [0.3, 0.4) is 0 Å². The lowest BCUT2D eigenvalue weighted by Gasteiger charge is -2.34. The molecule has 4 atom stereocenters. The second-order valence-corrected chi connectivity index (χ2v) is 8.50. The Kier molecular flexibility index (Phi) is 6.18. The van der Waals surface area contributed by atoms with E-state index in [9.17, 15) is 23.1 Å². The van der Waals surface area contributed by atoms with Crippen molar-refractivity contribution in [3.8, 4) is 0 Å². The van der Waals surface area contributed by atoms with E-state index in [1.807, 2.05) is 4.90 Å².